The molecule has 7 heteroatoms. The Morgan fingerprint density at radius 3 is 2.64 bits per heavy atom. The fraction of sp³-hybridized carbons (Fsp3) is 0.133. The van der Waals surface area contributed by atoms with Gasteiger partial charge in [-0.2, -0.15) is 8.42 Å². The Hall–Kier alpha value is -2.38. The summed E-state index contributed by atoms with van der Waals surface area (Å²) in [6.07, 6.45) is 1.72. The molecule has 1 heterocycles. The number of imidazole rings is 1. The van der Waals surface area contributed by atoms with Gasteiger partial charge in [0.05, 0.1) is 4.90 Å². The molecule has 6 nitrogen and oxygen atoms in total. The number of fused-ring (bicyclic) bond motifs is 1. The third-order valence-corrected chi connectivity index (χ3v) is 4.06. The van der Waals surface area contributed by atoms with Crippen LogP contribution in [0.4, 0.5) is 0 Å². The van der Waals surface area contributed by atoms with Crippen molar-refractivity contribution in [2.45, 2.75) is 18.4 Å². The smallest absolute Gasteiger partial charge is 0.294 e. The average Bonchev–Trinajstić information content (AvgIpc) is 2.89. The summed E-state index contributed by atoms with van der Waals surface area (Å²) >= 11 is 0. The van der Waals surface area contributed by atoms with Crippen LogP contribution in [0.1, 0.15) is 11.5 Å². The van der Waals surface area contributed by atoms with Gasteiger partial charge in [0, 0.05) is 11.9 Å². The minimum Gasteiger partial charge on any atom is -0.486 e. The highest BCUT2D eigenvalue weighted by molar-refractivity contribution is 7.85. The zero-order chi connectivity index (χ0) is 15.7. The molecule has 0 aliphatic carbocycles. The van der Waals surface area contributed by atoms with Crippen molar-refractivity contribution in [3.8, 4) is 5.75 Å². The maximum Gasteiger partial charge on any atom is 0.294 e. The van der Waals surface area contributed by atoms with Crippen LogP contribution < -0.4 is 4.74 Å². The second-order valence-electron chi connectivity index (χ2n) is 4.95. The lowest BCUT2D eigenvalue weighted by molar-refractivity contribution is 0.297. The Balaban J connectivity index is 1.87. The predicted molar refractivity (Wildman–Crippen MR) is 81.4 cm³/mol. The summed E-state index contributed by atoms with van der Waals surface area (Å²) in [5.74, 6) is 1.30. The second kappa shape index (κ2) is 5.43. The van der Waals surface area contributed by atoms with Crippen molar-refractivity contribution in [3.63, 3.8) is 0 Å². The number of nitrogens with zero attached hydrogens (tertiary/aromatic N) is 1. The standard InChI is InChI=1S/C15H14N2O4S/c1-10-8-16-15(17-10)9-21-13-4-2-11-3-5-14(22(18,19)20)7-12(11)6-13/h2-8H,9H2,1H3,(H,16,17)(H,18,19,20). The van der Waals surface area contributed by atoms with Crippen molar-refractivity contribution in [2.75, 3.05) is 0 Å². The number of hydrogen-bond donors (Lipinski definition) is 2. The molecule has 0 aliphatic rings. The van der Waals surface area contributed by atoms with Crippen LogP contribution in [0.5, 0.6) is 5.75 Å². The van der Waals surface area contributed by atoms with E-state index in [0.29, 0.717) is 17.0 Å². The minimum atomic E-state index is -4.22. The van der Waals surface area contributed by atoms with Crippen molar-refractivity contribution in [3.05, 3.63) is 54.1 Å². The number of aryl methyl sites for hydroxylation is 1. The Kier molecular flexibility index (Phi) is 3.59. The van der Waals surface area contributed by atoms with Gasteiger partial charge in [-0.05, 0) is 42.0 Å². The van der Waals surface area contributed by atoms with E-state index < -0.39 is 10.1 Å². The molecule has 0 bridgehead atoms. The highest BCUT2D eigenvalue weighted by Crippen LogP contribution is 2.24. The number of benzene rings is 2. The Labute approximate surface area is 127 Å². The average molecular weight is 318 g/mol. The lowest BCUT2D eigenvalue weighted by atomic mass is 10.1. The first-order chi connectivity index (χ1) is 10.4. The minimum absolute atomic E-state index is 0.140. The number of H-pyrrole nitrogens is 1. The van der Waals surface area contributed by atoms with Gasteiger partial charge < -0.3 is 9.72 Å². The molecule has 0 saturated carbocycles. The Morgan fingerprint density at radius 1 is 1.18 bits per heavy atom. The number of aromatic nitrogens is 2. The molecule has 0 fully saturated rings. The molecule has 2 aromatic carbocycles. The van der Waals surface area contributed by atoms with E-state index in [1.807, 2.05) is 13.0 Å². The van der Waals surface area contributed by atoms with Gasteiger partial charge in [0.1, 0.15) is 18.2 Å². The van der Waals surface area contributed by atoms with Gasteiger partial charge in [-0.3, -0.25) is 4.55 Å². The molecule has 2 N–H and O–H groups in total. The van der Waals surface area contributed by atoms with Gasteiger partial charge in [-0.1, -0.05) is 12.1 Å². The second-order valence-corrected chi connectivity index (χ2v) is 6.37. The van der Waals surface area contributed by atoms with Crippen molar-refractivity contribution in [1.82, 2.24) is 9.97 Å². The summed E-state index contributed by atoms with van der Waals surface area (Å²) in [5.41, 5.74) is 0.954. The summed E-state index contributed by atoms with van der Waals surface area (Å²) in [6, 6.07) is 9.76. The fourth-order valence-corrected chi connectivity index (χ4v) is 2.66. The molecular formula is C15H14N2O4S. The highest BCUT2D eigenvalue weighted by atomic mass is 32.2. The summed E-state index contributed by atoms with van der Waals surface area (Å²) in [7, 11) is -4.22. The van der Waals surface area contributed by atoms with Crippen LogP contribution in [-0.4, -0.2) is 22.9 Å². The molecule has 0 atom stereocenters. The molecule has 3 aromatic rings. The van der Waals surface area contributed by atoms with E-state index in [1.165, 1.54) is 12.1 Å². The molecule has 114 valence electrons. The summed E-state index contributed by atoms with van der Waals surface area (Å²) < 4.78 is 37.1. The zero-order valence-electron chi connectivity index (χ0n) is 11.8. The lowest BCUT2D eigenvalue weighted by Crippen LogP contribution is -1.98. The van der Waals surface area contributed by atoms with E-state index in [-0.39, 0.29) is 11.5 Å². The maximum atomic E-state index is 11.2. The molecule has 0 radical (unpaired) electrons. The van der Waals surface area contributed by atoms with E-state index in [2.05, 4.69) is 9.97 Å². The maximum absolute atomic E-state index is 11.2. The van der Waals surface area contributed by atoms with Gasteiger partial charge in [0.25, 0.3) is 10.1 Å². The van der Waals surface area contributed by atoms with E-state index in [1.54, 1.807) is 24.4 Å². The first-order valence-electron chi connectivity index (χ1n) is 6.56. The van der Waals surface area contributed by atoms with E-state index in [4.69, 9.17) is 9.29 Å². The van der Waals surface area contributed by atoms with Crippen LogP contribution in [0.2, 0.25) is 0 Å². The monoisotopic (exact) mass is 318 g/mol. The van der Waals surface area contributed by atoms with Gasteiger partial charge >= 0.3 is 0 Å². The Bertz CT molecular complexity index is 932. The molecular weight excluding hydrogens is 304 g/mol. The van der Waals surface area contributed by atoms with E-state index in [0.717, 1.165) is 11.1 Å². The molecule has 3 rings (SSSR count). The van der Waals surface area contributed by atoms with Crippen LogP contribution >= 0.6 is 0 Å². The van der Waals surface area contributed by atoms with Crippen LogP contribution in [0.15, 0.2) is 47.5 Å². The summed E-state index contributed by atoms with van der Waals surface area (Å²) in [4.78, 5) is 7.07. The summed E-state index contributed by atoms with van der Waals surface area (Å²) in [6.45, 7) is 2.20. The van der Waals surface area contributed by atoms with E-state index in [9.17, 15) is 8.42 Å². The molecule has 0 saturated heterocycles. The predicted octanol–water partition coefficient (Wildman–Crippen LogP) is 2.70. The molecule has 0 spiro atoms. The molecule has 22 heavy (non-hydrogen) atoms. The highest BCUT2D eigenvalue weighted by Gasteiger charge is 2.10. The number of nitrogens with one attached hydrogen (secondary N) is 1. The normalized spacial score (nSPS) is 11.7. The quantitative estimate of drug-likeness (QED) is 0.722. The number of ether oxygens (including phenoxy) is 1. The Morgan fingerprint density at radius 2 is 1.95 bits per heavy atom. The third kappa shape index (κ3) is 3.10. The van der Waals surface area contributed by atoms with Crippen molar-refractivity contribution >= 4 is 20.9 Å². The third-order valence-electron chi connectivity index (χ3n) is 3.21. The van der Waals surface area contributed by atoms with Gasteiger partial charge in [-0.25, -0.2) is 4.98 Å². The largest absolute Gasteiger partial charge is 0.486 e. The summed E-state index contributed by atoms with van der Waals surface area (Å²) in [5, 5.41) is 1.52. The fourth-order valence-electron chi connectivity index (χ4n) is 2.15. The van der Waals surface area contributed by atoms with Gasteiger partial charge in [0.2, 0.25) is 0 Å². The molecule has 0 unspecified atom stereocenters. The van der Waals surface area contributed by atoms with Crippen LogP contribution in [-0.2, 0) is 16.7 Å². The van der Waals surface area contributed by atoms with Crippen LogP contribution in [0.25, 0.3) is 10.8 Å². The molecule has 0 aliphatic heterocycles. The lowest BCUT2D eigenvalue weighted by Gasteiger charge is -2.07. The van der Waals surface area contributed by atoms with Gasteiger partial charge in [0.15, 0.2) is 0 Å². The van der Waals surface area contributed by atoms with Gasteiger partial charge in [-0.15, -0.1) is 0 Å². The topological polar surface area (TPSA) is 92.3 Å². The van der Waals surface area contributed by atoms with E-state index >= 15 is 0 Å². The number of hydrogen-bond acceptors (Lipinski definition) is 4. The number of aromatic amines is 1. The molecule has 0 amide bonds. The molecule has 1 aromatic heterocycles. The first-order valence-corrected chi connectivity index (χ1v) is 8.00. The van der Waals surface area contributed by atoms with Crippen LogP contribution in [0.3, 0.4) is 0 Å². The number of rotatable bonds is 4. The SMILES string of the molecule is Cc1cnc(COc2ccc3ccc(S(=O)(=O)O)cc3c2)[nH]1. The van der Waals surface area contributed by atoms with Crippen molar-refractivity contribution in [2.24, 2.45) is 0 Å². The van der Waals surface area contributed by atoms with Crippen molar-refractivity contribution < 1.29 is 17.7 Å². The van der Waals surface area contributed by atoms with Crippen LogP contribution in [0, 0.1) is 6.92 Å². The van der Waals surface area contributed by atoms with Crippen molar-refractivity contribution in [1.29, 1.82) is 0 Å². The zero-order valence-corrected chi connectivity index (χ0v) is 12.6. The first kappa shape index (κ1) is 14.6.